The van der Waals surface area contributed by atoms with E-state index in [1.165, 1.54) is 7.11 Å². The van der Waals surface area contributed by atoms with E-state index in [-0.39, 0.29) is 17.1 Å². The zero-order chi connectivity index (χ0) is 12.9. The second-order valence-corrected chi connectivity index (χ2v) is 4.60. The molecule has 0 aliphatic rings. The van der Waals surface area contributed by atoms with Crippen LogP contribution in [0.25, 0.3) is 0 Å². The van der Waals surface area contributed by atoms with Gasteiger partial charge in [0, 0.05) is 24.8 Å². The maximum Gasteiger partial charge on any atom is 0.169 e. The van der Waals surface area contributed by atoms with Crippen LogP contribution in [-0.2, 0) is 11.3 Å². The molecule has 0 aliphatic heterocycles. The number of ether oxygens (including phenoxy) is 2. The van der Waals surface area contributed by atoms with Crippen LogP contribution in [0.4, 0.5) is 4.39 Å². The average Bonchev–Trinajstić information content (AvgIpc) is 2.28. The van der Waals surface area contributed by atoms with E-state index in [2.05, 4.69) is 5.32 Å². The van der Waals surface area contributed by atoms with Crippen molar-refractivity contribution in [3.05, 3.63) is 29.6 Å². The SMILES string of the molecule is COCC(C)(C)NCc1cccc(OC)c1F. The summed E-state index contributed by atoms with van der Waals surface area (Å²) in [5, 5.41) is 3.25. The van der Waals surface area contributed by atoms with Crippen molar-refractivity contribution in [1.82, 2.24) is 5.32 Å². The highest BCUT2D eigenvalue weighted by Crippen LogP contribution is 2.20. The molecule has 0 radical (unpaired) electrons. The highest BCUT2D eigenvalue weighted by Gasteiger charge is 2.17. The first-order valence-corrected chi connectivity index (χ1v) is 5.55. The number of hydrogen-bond donors (Lipinski definition) is 1. The maximum atomic E-state index is 13.8. The van der Waals surface area contributed by atoms with Gasteiger partial charge in [-0.05, 0) is 19.9 Å². The summed E-state index contributed by atoms with van der Waals surface area (Å²) in [6, 6.07) is 5.13. The molecule has 96 valence electrons. The molecular weight excluding hydrogens is 221 g/mol. The highest BCUT2D eigenvalue weighted by atomic mass is 19.1. The van der Waals surface area contributed by atoms with E-state index in [4.69, 9.17) is 9.47 Å². The van der Waals surface area contributed by atoms with Crippen LogP contribution in [0, 0.1) is 5.82 Å². The summed E-state index contributed by atoms with van der Waals surface area (Å²) in [6.45, 7) is 5.03. The van der Waals surface area contributed by atoms with E-state index in [1.54, 1.807) is 25.3 Å². The predicted octanol–water partition coefficient (Wildman–Crippen LogP) is 2.35. The van der Waals surface area contributed by atoms with Gasteiger partial charge in [-0.3, -0.25) is 0 Å². The van der Waals surface area contributed by atoms with Gasteiger partial charge in [0.05, 0.1) is 13.7 Å². The molecule has 4 heteroatoms. The van der Waals surface area contributed by atoms with E-state index < -0.39 is 0 Å². The minimum absolute atomic E-state index is 0.190. The second-order valence-electron chi connectivity index (χ2n) is 4.60. The summed E-state index contributed by atoms with van der Waals surface area (Å²) >= 11 is 0. The Kier molecular flexibility index (Phi) is 4.90. The third-order valence-corrected chi connectivity index (χ3v) is 2.53. The highest BCUT2D eigenvalue weighted by molar-refractivity contribution is 5.31. The van der Waals surface area contributed by atoms with Gasteiger partial charge in [-0.15, -0.1) is 0 Å². The fraction of sp³-hybridized carbons (Fsp3) is 0.538. The van der Waals surface area contributed by atoms with Crippen molar-refractivity contribution in [1.29, 1.82) is 0 Å². The molecule has 0 fully saturated rings. The third kappa shape index (κ3) is 3.98. The Hall–Kier alpha value is -1.13. The Morgan fingerprint density at radius 2 is 2.00 bits per heavy atom. The van der Waals surface area contributed by atoms with Gasteiger partial charge in [0.2, 0.25) is 0 Å². The summed E-state index contributed by atoms with van der Waals surface area (Å²) in [4.78, 5) is 0. The molecule has 0 spiro atoms. The molecule has 0 unspecified atom stereocenters. The van der Waals surface area contributed by atoms with Crippen LogP contribution in [0.15, 0.2) is 18.2 Å². The Labute approximate surface area is 102 Å². The van der Waals surface area contributed by atoms with Crippen LogP contribution in [0.2, 0.25) is 0 Å². The Bertz CT molecular complexity index is 366. The molecule has 0 saturated heterocycles. The number of halogens is 1. The zero-order valence-corrected chi connectivity index (χ0v) is 10.8. The van der Waals surface area contributed by atoms with Gasteiger partial charge in [0.25, 0.3) is 0 Å². The van der Waals surface area contributed by atoms with Gasteiger partial charge in [-0.1, -0.05) is 12.1 Å². The Morgan fingerprint density at radius 3 is 2.59 bits per heavy atom. The quantitative estimate of drug-likeness (QED) is 0.829. The molecule has 0 bridgehead atoms. The summed E-state index contributed by atoms with van der Waals surface area (Å²) < 4.78 is 23.9. The maximum absolute atomic E-state index is 13.8. The van der Waals surface area contributed by atoms with Gasteiger partial charge in [0.1, 0.15) is 0 Å². The van der Waals surface area contributed by atoms with Gasteiger partial charge in [0.15, 0.2) is 11.6 Å². The van der Waals surface area contributed by atoms with Crippen molar-refractivity contribution < 1.29 is 13.9 Å². The van der Waals surface area contributed by atoms with E-state index >= 15 is 0 Å². The molecule has 0 aromatic heterocycles. The zero-order valence-electron chi connectivity index (χ0n) is 10.8. The van der Waals surface area contributed by atoms with Crippen LogP contribution in [0.3, 0.4) is 0 Å². The number of rotatable bonds is 6. The smallest absolute Gasteiger partial charge is 0.169 e. The predicted molar refractivity (Wildman–Crippen MR) is 65.7 cm³/mol. The molecule has 0 atom stereocenters. The molecular formula is C13H20FNO2. The van der Waals surface area contributed by atoms with Crippen molar-refractivity contribution in [3.63, 3.8) is 0 Å². The molecule has 17 heavy (non-hydrogen) atoms. The minimum Gasteiger partial charge on any atom is -0.494 e. The monoisotopic (exact) mass is 241 g/mol. The van der Waals surface area contributed by atoms with E-state index in [1.807, 2.05) is 13.8 Å². The van der Waals surface area contributed by atoms with Gasteiger partial charge in [-0.2, -0.15) is 0 Å². The van der Waals surface area contributed by atoms with E-state index in [0.717, 1.165) is 0 Å². The van der Waals surface area contributed by atoms with E-state index in [0.29, 0.717) is 18.7 Å². The standard InChI is InChI=1S/C13H20FNO2/c1-13(2,9-16-3)15-8-10-6-5-7-11(17-4)12(10)14/h5-7,15H,8-9H2,1-4H3. The summed E-state index contributed by atoms with van der Waals surface area (Å²) in [7, 11) is 3.11. The molecule has 0 heterocycles. The van der Waals surface area contributed by atoms with Crippen molar-refractivity contribution >= 4 is 0 Å². The molecule has 1 N–H and O–H groups in total. The molecule has 0 saturated carbocycles. The van der Waals surface area contributed by atoms with Crippen LogP contribution in [0.5, 0.6) is 5.75 Å². The topological polar surface area (TPSA) is 30.5 Å². The third-order valence-electron chi connectivity index (χ3n) is 2.53. The van der Waals surface area contributed by atoms with Crippen LogP contribution < -0.4 is 10.1 Å². The molecule has 0 amide bonds. The largest absolute Gasteiger partial charge is 0.494 e. The summed E-state index contributed by atoms with van der Waals surface area (Å²) in [5.74, 6) is -0.0374. The molecule has 0 aliphatic carbocycles. The van der Waals surface area contributed by atoms with Crippen molar-refractivity contribution in [3.8, 4) is 5.75 Å². The lowest BCUT2D eigenvalue weighted by atomic mass is 10.1. The van der Waals surface area contributed by atoms with Gasteiger partial charge < -0.3 is 14.8 Å². The van der Waals surface area contributed by atoms with Crippen LogP contribution in [0.1, 0.15) is 19.4 Å². The lowest BCUT2D eigenvalue weighted by Crippen LogP contribution is -2.42. The first-order valence-electron chi connectivity index (χ1n) is 5.55. The molecule has 1 aromatic carbocycles. The number of benzene rings is 1. The Balaban J connectivity index is 2.69. The first-order chi connectivity index (χ1) is 8.00. The summed E-state index contributed by atoms with van der Waals surface area (Å²) in [5.41, 5.74) is 0.401. The lowest BCUT2D eigenvalue weighted by molar-refractivity contribution is 0.127. The lowest BCUT2D eigenvalue weighted by Gasteiger charge is -2.25. The molecule has 1 aromatic rings. The van der Waals surface area contributed by atoms with Crippen molar-refractivity contribution in [2.45, 2.75) is 25.9 Å². The van der Waals surface area contributed by atoms with Crippen LogP contribution in [-0.4, -0.2) is 26.4 Å². The fourth-order valence-corrected chi connectivity index (χ4v) is 1.60. The average molecular weight is 241 g/mol. The van der Waals surface area contributed by atoms with Crippen molar-refractivity contribution in [2.75, 3.05) is 20.8 Å². The summed E-state index contributed by atoms with van der Waals surface area (Å²) in [6.07, 6.45) is 0. The van der Waals surface area contributed by atoms with E-state index in [9.17, 15) is 4.39 Å². The second kappa shape index (κ2) is 5.98. The van der Waals surface area contributed by atoms with Crippen LogP contribution >= 0.6 is 0 Å². The number of hydrogen-bond acceptors (Lipinski definition) is 3. The number of nitrogens with one attached hydrogen (secondary N) is 1. The van der Waals surface area contributed by atoms with Gasteiger partial charge >= 0.3 is 0 Å². The molecule has 1 rings (SSSR count). The fourth-order valence-electron chi connectivity index (χ4n) is 1.60. The van der Waals surface area contributed by atoms with Gasteiger partial charge in [-0.25, -0.2) is 4.39 Å². The van der Waals surface area contributed by atoms with Crippen molar-refractivity contribution in [2.24, 2.45) is 0 Å². The molecule has 3 nitrogen and oxygen atoms in total. The first kappa shape index (κ1) is 13.9. The Morgan fingerprint density at radius 1 is 1.29 bits per heavy atom. The number of methoxy groups -OCH3 is 2. The normalized spacial score (nSPS) is 11.6. The minimum atomic E-state index is -0.310.